The Morgan fingerprint density at radius 1 is 1.55 bits per heavy atom. The molecule has 1 aromatic rings. The molecule has 1 fully saturated rings. The summed E-state index contributed by atoms with van der Waals surface area (Å²) in [6.45, 7) is 2.59. The number of methoxy groups -OCH3 is 1. The van der Waals surface area contributed by atoms with E-state index in [1.165, 1.54) is 19.2 Å². The number of non-ortho nitro benzene ring substituents is 1. The van der Waals surface area contributed by atoms with Crippen LogP contribution in [-0.4, -0.2) is 31.1 Å². The second kappa shape index (κ2) is 5.07. The van der Waals surface area contributed by atoms with Gasteiger partial charge in [0.1, 0.15) is 0 Å². The van der Waals surface area contributed by atoms with Gasteiger partial charge in [-0.05, 0) is 19.4 Å². The van der Waals surface area contributed by atoms with Crippen molar-refractivity contribution in [2.45, 2.75) is 13.3 Å². The van der Waals surface area contributed by atoms with Crippen molar-refractivity contribution in [2.24, 2.45) is 5.41 Å². The first-order valence-electron chi connectivity index (χ1n) is 6.15. The van der Waals surface area contributed by atoms with Crippen molar-refractivity contribution in [2.75, 3.05) is 25.1 Å². The minimum Gasteiger partial charge on any atom is -0.469 e. The molecule has 0 aromatic heterocycles. The Bertz CT molecular complexity index is 563. The molecule has 108 valence electrons. The van der Waals surface area contributed by atoms with E-state index in [0.29, 0.717) is 19.5 Å². The number of esters is 1. The monoisotopic (exact) mass is 282 g/mol. The van der Waals surface area contributed by atoms with Crippen molar-refractivity contribution >= 4 is 17.3 Å². The van der Waals surface area contributed by atoms with Crippen LogP contribution >= 0.6 is 0 Å². The molecule has 0 aliphatic carbocycles. The van der Waals surface area contributed by atoms with E-state index in [0.717, 1.165) is 6.07 Å². The third-order valence-electron chi connectivity index (χ3n) is 3.63. The Hall–Kier alpha value is -2.18. The van der Waals surface area contributed by atoms with Crippen molar-refractivity contribution in [1.29, 1.82) is 0 Å². The summed E-state index contributed by atoms with van der Waals surface area (Å²) in [6.07, 6.45) is 0.552. The van der Waals surface area contributed by atoms with Gasteiger partial charge in [-0.1, -0.05) is 0 Å². The molecule has 1 aliphatic heterocycles. The zero-order valence-electron chi connectivity index (χ0n) is 11.3. The predicted molar refractivity (Wildman–Crippen MR) is 70.0 cm³/mol. The lowest BCUT2D eigenvalue weighted by Gasteiger charge is -2.23. The molecular formula is C13H15FN2O4. The topological polar surface area (TPSA) is 72.7 Å². The normalized spacial score (nSPS) is 21.9. The smallest absolute Gasteiger partial charge is 0.313 e. The highest BCUT2D eigenvalue weighted by molar-refractivity contribution is 5.78. The zero-order chi connectivity index (χ0) is 14.9. The second-order valence-electron chi connectivity index (χ2n) is 5.12. The number of rotatable bonds is 3. The van der Waals surface area contributed by atoms with Crippen LogP contribution in [0.2, 0.25) is 0 Å². The number of hydrogen-bond donors (Lipinski definition) is 0. The summed E-state index contributed by atoms with van der Waals surface area (Å²) in [6, 6.07) is 3.52. The number of nitro benzene ring substituents is 1. The number of carbonyl (C=O) groups excluding carboxylic acids is 1. The van der Waals surface area contributed by atoms with Crippen LogP contribution < -0.4 is 4.90 Å². The molecule has 1 heterocycles. The van der Waals surface area contributed by atoms with Gasteiger partial charge in [-0.25, -0.2) is 4.39 Å². The number of hydrogen-bond acceptors (Lipinski definition) is 5. The van der Waals surface area contributed by atoms with Gasteiger partial charge < -0.3 is 9.64 Å². The van der Waals surface area contributed by atoms with Gasteiger partial charge in [0.15, 0.2) is 5.82 Å². The molecule has 0 N–H and O–H groups in total. The second-order valence-corrected chi connectivity index (χ2v) is 5.12. The zero-order valence-corrected chi connectivity index (χ0v) is 11.3. The molecule has 0 bridgehead atoms. The fourth-order valence-corrected chi connectivity index (χ4v) is 2.45. The molecule has 1 aromatic carbocycles. The number of nitro groups is 1. The van der Waals surface area contributed by atoms with Crippen molar-refractivity contribution in [3.8, 4) is 0 Å². The first-order chi connectivity index (χ1) is 9.37. The lowest BCUT2D eigenvalue weighted by molar-refractivity contribution is -0.385. The maximum atomic E-state index is 13.9. The number of ether oxygens (including phenoxy) is 1. The summed E-state index contributed by atoms with van der Waals surface area (Å²) in [5.41, 5.74) is -0.701. The highest BCUT2D eigenvalue weighted by Gasteiger charge is 2.42. The Morgan fingerprint density at radius 2 is 2.25 bits per heavy atom. The predicted octanol–water partition coefficient (Wildman–Crippen LogP) is 2.12. The maximum Gasteiger partial charge on any atom is 0.313 e. The maximum absolute atomic E-state index is 13.9. The molecule has 1 saturated heterocycles. The molecule has 6 nitrogen and oxygen atoms in total. The molecule has 20 heavy (non-hydrogen) atoms. The lowest BCUT2D eigenvalue weighted by Crippen LogP contribution is -2.33. The molecule has 0 saturated carbocycles. The van der Waals surface area contributed by atoms with Gasteiger partial charge >= 0.3 is 5.97 Å². The minimum absolute atomic E-state index is 0.267. The van der Waals surface area contributed by atoms with Gasteiger partial charge in [-0.15, -0.1) is 0 Å². The van der Waals surface area contributed by atoms with E-state index in [4.69, 9.17) is 4.74 Å². The van der Waals surface area contributed by atoms with E-state index in [1.54, 1.807) is 11.8 Å². The van der Waals surface area contributed by atoms with Crippen molar-refractivity contribution < 1.29 is 18.8 Å². The molecular weight excluding hydrogens is 267 g/mol. The van der Waals surface area contributed by atoms with Crippen molar-refractivity contribution in [3.05, 3.63) is 34.1 Å². The van der Waals surface area contributed by atoms with Gasteiger partial charge in [0.25, 0.3) is 5.69 Å². The van der Waals surface area contributed by atoms with E-state index in [1.807, 2.05) is 0 Å². The molecule has 1 aliphatic rings. The van der Waals surface area contributed by atoms with Crippen LogP contribution in [0.3, 0.4) is 0 Å². The van der Waals surface area contributed by atoms with Crippen molar-refractivity contribution in [1.82, 2.24) is 0 Å². The summed E-state index contributed by atoms with van der Waals surface area (Å²) in [4.78, 5) is 23.4. The van der Waals surface area contributed by atoms with E-state index < -0.39 is 16.2 Å². The van der Waals surface area contributed by atoms with Crippen LogP contribution in [0, 0.1) is 21.3 Å². The molecule has 0 spiro atoms. The standard InChI is InChI=1S/C13H15FN2O4/c1-13(12(17)20-2)5-6-15(8-13)11-4-3-9(16(18)19)7-10(11)14/h3-4,7H,5-6,8H2,1-2H3. The van der Waals surface area contributed by atoms with Gasteiger partial charge in [0.05, 0.1) is 29.2 Å². The highest BCUT2D eigenvalue weighted by atomic mass is 19.1. The van der Waals surface area contributed by atoms with E-state index in [-0.39, 0.29) is 17.3 Å². The third-order valence-corrected chi connectivity index (χ3v) is 3.63. The summed E-state index contributed by atoms with van der Waals surface area (Å²) in [5, 5.41) is 10.6. The molecule has 1 atom stereocenters. The molecule has 0 amide bonds. The summed E-state index contributed by atoms with van der Waals surface area (Å²) in [5.74, 6) is -0.990. The van der Waals surface area contributed by atoms with E-state index in [9.17, 15) is 19.3 Å². The first kappa shape index (κ1) is 14.2. The fraction of sp³-hybridized carbons (Fsp3) is 0.462. The third kappa shape index (κ3) is 2.43. The van der Waals surface area contributed by atoms with Crippen molar-refractivity contribution in [3.63, 3.8) is 0 Å². The molecule has 2 rings (SSSR count). The Labute approximate surface area is 115 Å². The first-order valence-corrected chi connectivity index (χ1v) is 6.15. The van der Waals surface area contributed by atoms with Crippen LogP contribution in [0.5, 0.6) is 0 Å². The average molecular weight is 282 g/mol. The van der Waals surface area contributed by atoms with Gasteiger partial charge in [0.2, 0.25) is 0 Å². The summed E-state index contributed by atoms with van der Waals surface area (Å²) < 4.78 is 18.7. The molecule has 7 heteroatoms. The molecule has 1 unspecified atom stereocenters. The Balaban J connectivity index is 2.22. The number of anilines is 1. The van der Waals surface area contributed by atoms with Crippen LogP contribution in [0.1, 0.15) is 13.3 Å². The van der Waals surface area contributed by atoms with Crippen LogP contribution in [0.15, 0.2) is 18.2 Å². The van der Waals surface area contributed by atoms with E-state index >= 15 is 0 Å². The van der Waals surface area contributed by atoms with E-state index in [2.05, 4.69) is 0 Å². The van der Waals surface area contributed by atoms with Gasteiger partial charge in [-0.2, -0.15) is 0 Å². The lowest BCUT2D eigenvalue weighted by atomic mass is 9.90. The average Bonchev–Trinajstić information content (AvgIpc) is 2.81. The van der Waals surface area contributed by atoms with Crippen LogP contribution in [-0.2, 0) is 9.53 Å². The fourth-order valence-electron chi connectivity index (χ4n) is 2.45. The number of halogens is 1. The number of carbonyl (C=O) groups is 1. The van der Waals surface area contributed by atoms with Gasteiger partial charge in [-0.3, -0.25) is 14.9 Å². The Kier molecular flexibility index (Phi) is 3.61. The summed E-state index contributed by atoms with van der Waals surface area (Å²) in [7, 11) is 1.32. The number of benzene rings is 1. The minimum atomic E-state index is -0.678. The highest BCUT2D eigenvalue weighted by Crippen LogP contribution is 2.35. The number of nitrogens with zero attached hydrogens (tertiary/aromatic N) is 2. The molecule has 0 radical (unpaired) electrons. The van der Waals surface area contributed by atoms with Crippen LogP contribution in [0.25, 0.3) is 0 Å². The van der Waals surface area contributed by atoms with Gasteiger partial charge in [0, 0.05) is 19.2 Å². The largest absolute Gasteiger partial charge is 0.469 e. The quantitative estimate of drug-likeness (QED) is 0.482. The SMILES string of the molecule is COC(=O)C1(C)CCN(c2ccc([N+](=O)[O-])cc2F)C1. The Morgan fingerprint density at radius 3 is 2.80 bits per heavy atom. The summed E-state index contributed by atoms with van der Waals surface area (Å²) >= 11 is 0. The van der Waals surface area contributed by atoms with Crippen LogP contribution in [0.4, 0.5) is 15.8 Å².